The maximum atomic E-state index is 0. The van der Waals surface area contributed by atoms with Gasteiger partial charge in [0.2, 0.25) is 0 Å². The Hall–Kier alpha value is 5.53. The summed E-state index contributed by atoms with van der Waals surface area (Å²) in [6, 6.07) is 0. The first-order chi connectivity index (χ1) is 0. The summed E-state index contributed by atoms with van der Waals surface area (Å²) in [7, 11) is 0. The van der Waals surface area contributed by atoms with Crippen LogP contribution < -0.4 is 0 Å². The van der Waals surface area contributed by atoms with E-state index >= 15 is 0 Å². The van der Waals surface area contributed by atoms with Gasteiger partial charge in [0.25, 0.3) is 0 Å². The molecule has 9 heavy (non-hydrogen) atoms. The van der Waals surface area contributed by atoms with Gasteiger partial charge < -0.3 is 85.3 Å². The van der Waals surface area contributed by atoms with Crippen molar-refractivity contribution in [2.75, 3.05) is 0 Å². The summed E-state index contributed by atoms with van der Waals surface area (Å²) in [5, 5.41) is 0. The van der Waals surface area contributed by atoms with Crippen molar-refractivity contribution in [1.82, 2.24) is 0 Å². The van der Waals surface area contributed by atoms with Gasteiger partial charge in [0, 0.05) is 0 Å². The summed E-state index contributed by atoms with van der Waals surface area (Å²) in [6.07, 6.45) is 0. The molecule has 0 aliphatic carbocycles. The van der Waals surface area contributed by atoms with Crippen LogP contribution in [0.4, 0.5) is 0 Å². The van der Waals surface area contributed by atoms with E-state index in [1.165, 1.54) is 0 Å². The Morgan fingerprint density at radius 1 is 0.333 bits per heavy atom. The van der Waals surface area contributed by atoms with Crippen LogP contribution in [0.3, 0.4) is 0 Å². The van der Waals surface area contributed by atoms with E-state index < -0.39 is 0 Å². The van der Waals surface area contributed by atoms with E-state index in [2.05, 4.69) is 0 Å². The van der Waals surface area contributed by atoms with Gasteiger partial charge >= 0.3 is 90.1 Å². The average molecular weight is 900 g/mol. The predicted octanol–water partition coefficient (Wildman–Crippen LogP) is -1.91. The zero-order valence-electron chi connectivity index (χ0n) is 4.27. The summed E-state index contributed by atoms with van der Waals surface area (Å²) >= 11 is 0. The first kappa shape index (κ1) is 86.9. The fourth-order valence-electron chi connectivity index (χ4n) is 0. The molecule has 2 radical (unpaired) electrons. The van der Waals surface area contributed by atoms with E-state index in [4.69, 9.17) is 0 Å². The monoisotopic (exact) mass is 907 g/mol. The minimum atomic E-state index is 0. The topological polar surface area (TPSA) is 0 Å². The molecule has 0 aromatic rings. The van der Waals surface area contributed by atoms with E-state index in [1.54, 1.807) is 0 Å². The zero-order valence-corrected chi connectivity index (χ0v) is 26.4. The first-order valence-electron chi connectivity index (χ1n) is 0. The first-order valence-corrected chi connectivity index (χ1v) is 0. The van der Waals surface area contributed by atoms with E-state index in [-0.39, 0.29) is 175 Å². The Balaban J connectivity index is 0. The van der Waals surface area contributed by atoms with Crippen LogP contribution in [0.2, 0.25) is 0 Å². The number of rotatable bonds is 0. The molecule has 0 amide bonds. The van der Waals surface area contributed by atoms with Crippen molar-refractivity contribution in [2.24, 2.45) is 0 Å². The Bertz CT molecular complexity index is 12.9. The second-order valence-electron chi connectivity index (χ2n) is 0. The third kappa shape index (κ3) is 58.8. The summed E-state index contributed by atoms with van der Waals surface area (Å²) < 4.78 is 0. The minimum Gasteiger partial charge on any atom is -2.00 e. The quantitative estimate of drug-likeness (QED) is 0.250. The van der Waals surface area contributed by atoms with Gasteiger partial charge in [-0.05, 0) is 0 Å². The summed E-state index contributed by atoms with van der Waals surface area (Å²) in [5.41, 5.74) is 0. The molecule has 46 valence electrons. The van der Waals surface area contributed by atoms with Gasteiger partial charge in [-0.25, -0.2) is 0 Å². The van der Waals surface area contributed by atoms with Gasteiger partial charge in [-0.3, -0.25) is 0 Å². The molecular formula is Cr2Hg2Se5. The smallest absolute Gasteiger partial charge is 2.00 e. The van der Waals surface area contributed by atoms with Gasteiger partial charge in [0.15, 0.2) is 0 Å². The van der Waals surface area contributed by atoms with Crippen LogP contribution in [0.25, 0.3) is 0 Å². The van der Waals surface area contributed by atoms with Crippen molar-refractivity contribution < 1.29 is 90.1 Å². The molecule has 9 heteroatoms. The van der Waals surface area contributed by atoms with Gasteiger partial charge in [0.05, 0.1) is 0 Å². The van der Waals surface area contributed by atoms with E-state index in [1.807, 2.05) is 0 Å². The molecule has 0 saturated carbocycles. The molecule has 0 bridgehead atoms. The third-order valence-electron chi connectivity index (χ3n) is 0. The maximum Gasteiger partial charge on any atom is 3.00 e. The predicted molar refractivity (Wildman–Crippen MR) is 28.8 cm³/mol. The standard InChI is InChI=1S/2Cr.2Hg.5Se/q2*+3;2*+2;5*-2. The van der Waals surface area contributed by atoms with Crippen LogP contribution in [-0.2, 0) is 90.1 Å². The van der Waals surface area contributed by atoms with Crippen molar-refractivity contribution in [3.8, 4) is 0 Å². The Morgan fingerprint density at radius 3 is 0.333 bits per heavy atom. The second kappa shape index (κ2) is 69.4. The molecular weight excluding hydrogens is 900 g/mol. The molecule has 0 aromatic heterocycles. The van der Waals surface area contributed by atoms with Gasteiger partial charge in [-0.1, -0.05) is 0 Å². The molecule has 0 N–H and O–H groups in total. The van der Waals surface area contributed by atoms with Crippen LogP contribution in [-0.4, -0.2) is 85.3 Å². The van der Waals surface area contributed by atoms with Crippen LogP contribution in [0.15, 0.2) is 0 Å². The average Bonchev–Trinajstić information content (AvgIpc) is 0. The molecule has 0 saturated heterocycles. The molecule has 0 aliphatic heterocycles. The van der Waals surface area contributed by atoms with Gasteiger partial charge in [-0.15, -0.1) is 0 Å². The molecule has 0 fully saturated rings. The largest absolute Gasteiger partial charge is 3.00 e. The molecule has 0 aromatic carbocycles. The fraction of sp³-hybridized carbons (Fsp3) is 0. The van der Waals surface area contributed by atoms with Crippen molar-refractivity contribution in [2.45, 2.75) is 0 Å². The molecule has 0 heterocycles. The molecule has 0 spiro atoms. The van der Waals surface area contributed by atoms with Crippen LogP contribution in [0.5, 0.6) is 0 Å². The summed E-state index contributed by atoms with van der Waals surface area (Å²) in [4.78, 5) is 0. The van der Waals surface area contributed by atoms with Crippen LogP contribution in [0, 0.1) is 0 Å². The minimum absolute atomic E-state index is 0. The fourth-order valence-corrected chi connectivity index (χ4v) is 0. The molecule has 0 nitrogen and oxygen atoms in total. The SMILES string of the molecule is [Cr+3].[Cr+3].[Hg+2].[Hg+2].[Se-2].[Se-2].[Se-2].[Se-2].[Se-2]. The van der Waals surface area contributed by atoms with Crippen molar-refractivity contribution in [3.63, 3.8) is 0 Å². The second-order valence-corrected chi connectivity index (χ2v) is 0. The summed E-state index contributed by atoms with van der Waals surface area (Å²) in [6.45, 7) is 0. The number of hydrogen-bond acceptors (Lipinski definition) is 0. The van der Waals surface area contributed by atoms with Gasteiger partial charge in [-0.2, -0.15) is 0 Å². The normalized spacial score (nSPS) is 0. The Kier molecular flexibility index (Phi) is 671. The molecule has 0 atom stereocenters. The van der Waals surface area contributed by atoms with E-state index in [0.29, 0.717) is 0 Å². The van der Waals surface area contributed by atoms with Crippen molar-refractivity contribution >= 4 is 85.3 Å². The van der Waals surface area contributed by atoms with E-state index in [0.717, 1.165) is 0 Å². The van der Waals surface area contributed by atoms with Gasteiger partial charge in [0.1, 0.15) is 0 Å². The molecule has 0 unspecified atom stereocenters. The van der Waals surface area contributed by atoms with Crippen molar-refractivity contribution in [3.05, 3.63) is 0 Å². The van der Waals surface area contributed by atoms with Crippen molar-refractivity contribution in [1.29, 1.82) is 0 Å². The zero-order chi connectivity index (χ0) is 0. The summed E-state index contributed by atoms with van der Waals surface area (Å²) in [5.74, 6) is 0. The Morgan fingerprint density at radius 2 is 0.333 bits per heavy atom. The van der Waals surface area contributed by atoms with Crippen LogP contribution in [0.1, 0.15) is 0 Å². The number of hydrogen-bond donors (Lipinski definition) is 0. The Labute approximate surface area is 171 Å². The third-order valence-corrected chi connectivity index (χ3v) is 0. The molecule has 0 aliphatic rings. The van der Waals surface area contributed by atoms with Crippen LogP contribution >= 0.6 is 0 Å². The molecule has 0 rings (SSSR count). The van der Waals surface area contributed by atoms with E-state index in [9.17, 15) is 0 Å². The maximum absolute atomic E-state index is 0.